The van der Waals surface area contributed by atoms with Gasteiger partial charge >= 0.3 is 6.03 Å². The highest BCUT2D eigenvalue weighted by Crippen LogP contribution is 2.38. The number of rotatable bonds is 10. The summed E-state index contributed by atoms with van der Waals surface area (Å²) in [5.74, 6) is -0.0299. The third-order valence-electron chi connectivity index (χ3n) is 7.00. The van der Waals surface area contributed by atoms with E-state index in [0.717, 1.165) is 44.5 Å². The number of nitrogens with zero attached hydrogens (tertiary/aromatic N) is 3. The first-order valence-corrected chi connectivity index (χ1v) is 12.1. The fourth-order valence-electron chi connectivity index (χ4n) is 5.15. The van der Waals surface area contributed by atoms with E-state index in [4.69, 9.17) is 4.74 Å². The van der Waals surface area contributed by atoms with Gasteiger partial charge in [-0.3, -0.25) is 9.69 Å². The quantitative estimate of drug-likeness (QED) is 0.407. The molecule has 2 saturated heterocycles. The van der Waals surface area contributed by atoms with E-state index in [1.165, 1.54) is 10.5 Å². The van der Waals surface area contributed by atoms with Gasteiger partial charge in [0.2, 0.25) is 0 Å². The van der Waals surface area contributed by atoms with Crippen molar-refractivity contribution in [1.29, 1.82) is 0 Å². The molecule has 3 amide bonds. The molecule has 6 nitrogen and oxygen atoms in total. The first kappa shape index (κ1) is 23.5. The van der Waals surface area contributed by atoms with Gasteiger partial charge in [0, 0.05) is 33.4 Å². The lowest BCUT2D eigenvalue weighted by Gasteiger charge is -2.42. The van der Waals surface area contributed by atoms with Crippen LogP contribution in [-0.2, 0) is 22.5 Å². The van der Waals surface area contributed by atoms with Crippen molar-refractivity contribution in [2.24, 2.45) is 0 Å². The second kappa shape index (κ2) is 10.9. The molecule has 2 aliphatic rings. The minimum absolute atomic E-state index is 0.0299. The van der Waals surface area contributed by atoms with Crippen molar-refractivity contribution in [2.45, 2.75) is 44.2 Å². The predicted molar refractivity (Wildman–Crippen MR) is 129 cm³/mol. The van der Waals surface area contributed by atoms with E-state index >= 15 is 0 Å². The van der Waals surface area contributed by atoms with Crippen molar-refractivity contribution in [2.75, 3.05) is 39.9 Å². The number of amides is 3. The summed E-state index contributed by atoms with van der Waals surface area (Å²) in [6.07, 6.45) is 4.29. The molecule has 0 aromatic heterocycles. The van der Waals surface area contributed by atoms with Gasteiger partial charge in [-0.05, 0) is 49.8 Å². The molecule has 0 aliphatic carbocycles. The molecule has 2 heterocycles. The average Bonchev–Trinajstić information content (AvgIpc) is 3.03. The number of benzene rings is 2. The zero-order chi connectivity index (χ0) is 23.1. The molecule has 1 spiro atoms. The lowest BCUT2D eigenvalue weighted by Crippen LogP contribution is -2.56. The molecule has 0 bridgehead atoms. The SMILES string of the molecule is COCCCN1C(=O)N(Cc2ccccc2)C(=O)C12CCN(CCCc1ccccc1)CC2. The number of aryl methyl sites for hydroxylation is 1. The Bertz CT molecular complexity index is 911. The molecule has 176 valence electrons. The van der Waals surface area contributed by atoms with Crippen LogP contribution in [-0.4, -0.2) is 72.1 Å². The number of hydrogen-bond donors (Lipinski definition) is 0. The molecule has 2 aliphatic heterocycles. The fourth-order valence-corrected chi connectivity index (χ4v) is 5.15. The van der Waals surface area contributed by atoms with Crippen LogP contribution in [0.4, 0.5) is 4.79 Å². The Morgan fingerprint density at radius 2 is 1.48 bits per heavy atom. The molecule has 0 saturated carbocycles. The Labute approximate surface area is 197 Å². The van der Waals surface area contributed by atoms with Crippen molar-refractivity contribution in [3.8, 4) is 0 Å². The van der Waals surface area contributed by atoms with Crippen molar-refractivity contribution < 1.29 is 14.3 Å². The van der Waals surface area contributed by atoms with Gasteiger partial charge < -0.3 is 14.5 Å². The van der Waals surface area contributed by atoms with Gasteiger partial charge in [0.25, 0.3) is 5.91 Å². The summed E-state index contributed by atoms with van der Waals surface area (Å²) >= 11 is 0. The Morgan fingerprint density at radius 3 is 2.12 bits per heavy atom. The number of ether oxygens (including phenoxy) is 1. The summed E-state index contributed by atoms with van der Waals surface area (Å²) < 4.78 is 5.22. The van der Waals surface area contributed by atoms with Crippen molar-refractivity contribution in [3.63, 3.8) is 0 Å². The summed E-state index contributed by atoms with van der Waals surface area (Å²) in [6, 6.07) is 20.2. The summed E-state index contributed by atoms with van der Waals surface area (Å²) in [5.41, 5.74) is 1.63. The Morgan fingerprint density at radius 1 is 0.848 bits per heavy atom. The molecule has 6 heteroatoms. The maximum Gasteiger partial charge on any atom is 0.327 e. The van der Waals surface area contributed by atoms with Gasteiger partial charge in [0.1, 0.15) is 5.54 Å². The Balaban J connectivity index is 1.41. The number of carbonyl (C=O) groups is 2. The number of likely N-dealkylation sites (tertiary alicyclic amines) is 1. The number of imide groups is 1. The lowest BCUT2D eigenvalue weighted by molar-refractivity contribution is -0.136. The van der Waals surface area contributed by atoms with E-state index in [9.17, 15) is 9.59 Å². The average molecular weight is 450 g/mol. The monoisotopic (exact) mass is 449 g/mol. The van der Waals surface area contributed by atoms with Crippen molar-refractivity contribution in [3.05, 3.63) is 71.8 Å². The molecule has 0 unspecified atom stereocenters. The summed E-state index contributed by atoms with van der Waals surface area (Å²) in [5, 5.41) is 0. The number of methoxy groups -OCH3 is 1. The second-order valence-corrected chi connectivity index (χ2v) is 9.12. The molecule has 4 rings (SSSR count). The number of urea groups is 1. The van der Waals surface area contributed by atoms with Gasteiger partial charge in [-0.2, -0.15) is 0 Å². The molecular weight excluding hydrogens is 414 g/mol. The number of piperidine rings is 1. The van der Waals surface area contributed by atoms with E-state index in [1.54, 1.807) is 7.11 Å². The predicted octanol–water partition coefficient (Wildman–Crippen LogP) is 3.95. The first-order chi connectivity index (χ1) is 16.1. The van der Waals surface area contributed by atoms with Crippen molar-refractivity contribution >= 4 is 11.9 Å². The van der Waals surface area contributed by atoms with Gasteiger partial charge in [0.05, 0.1) is 6.54 Å². The molecular formula is C27H35N3O3. The maximum absolute atomic E-state index is 13.7. The van der Waals surface area contributed by atoms with Crippen LogP contribution in [0.5, 0.6) is 0 Å². The highest BCUT2D eigenvalue weighted by molar-refractivity contribution is 6.07. The van der Waals surface area contributed by atoms with Gasteiger partial charge in [-0.1, -0.05) is 60.7 Å². The topological polar surface area (TPSA) is 53.1 Å². The minimum Gasteiger partial charge on any atom is -0.385 e. The summed E-state index contributed by atoms with van der Waals surface area (Å²) in [4.78, 5) is 32.8. The van der Waals surface area contributed by atoms with E-state index in [-0.39, 0.29) is 11.9 Å². The third-order valence-corrected chi connectivity index (χ3v) is 7.00. The standard InChI is InChI=1S/C27H35N3O3/c1-33-21-9-18-30-26(32)29(22-24-12-6-3-7-13-24)25(31)27(30)15-19-28(20-16-27)17-8-14-23-10-4-2-5-11-23/h2-7,10-13H,8-9,14-22H2,1H3. The smallest absolute Gasteiger partial charge is 0.327 e. The van der Waals surface area contributed by atoms with Crippen molar-refractivity contribution in [1.82, 2.24) is 14.7 Å². The van der Waals surface area contributed by atoms with Crippen LogP contribution in [0.2, 0.25) is 0 Å². The van der Waals surface area contributed by atoms with Crippen LogP contribution in [0, 0.1) is 0 Å². The number of hydrogen-bond acceptors (Lipinski definition) is 4. The highest BCUT2D eigenvalue weighted by Gasteiger charge is 2.57. The zero-order valence-corrected chi connectivity index (χ0v) is 19.6. The van der Waals surface area contributed by atoms with Crippen LogP contribution in [0.1, 0.15) is 36.8 Å². The fraction of sp³-hybridized carbons (Fsp3) is 0.481. The van der Waals surface area contributed by atoms with E-state index in [0.29, 0.717) is 32.5 Å². The Kier molecular flexibility index (Phi) is 7.78. The zero-order valence-electron chi connectivity index (χ0n) is 19.6. The molecule has 0 atom stereocenters. The Hall–Kier alpha value is -2.70. The van der Waals surface area contributed by atoms with Gasteiger partial charge in [0.15, 0.2) is 0 Å². The molecule has 0 radical (unpaired) electrons. The normalized spacial score (nSPS) is 18.5. The molecule has 2 fully saturated rings. The number of carbonyl (C=O) groups excluding carboxylic acids is 2. The van der Waals surface area contributed by atoms with Crippen LogP contribution >= 0.6 is 0 Å². The minimum atomic E-state index is -0.713. The van der Waals surface area contributed by atoms with E-state index < -0.39 is 5.54 Å². The second-order valence-electron chi connectivity index (χ2n) is 9.12. The van der Waals surface area contributed by atoms with Gasteiger partial charge in [-0.15, -0.1) is 0 Å². The lowest BCUT2D eigenvalue weighted by atomic mass is 9.85. The van der Waals surface area contributed by atoms with Crippen LogP contribution in [0.15, 0.2) is 60.7 Å². The summed E-state index contributed by atoms with van der Waals surface area (Å²) in [7, 11) is 1.67. The van der Waals surface area contributed by atoms with Crippen LogP contribution < -0.4 is 0 Å². The highest BCUT2D eigenvalue weighted by atomic mass is 16.5. The summed E-state index contributed by atoms with van der Waals surface area (Å²) in [6.45, 7) is 4.17. The third kappa shape index (κ3) is 5.28. The van der Waals surface area contributed by atoms with Crippen LogP contribution in [0.3, 0.4) is 0 Å². The van der Waals surface area contributed by atoms with E-state index in [2.05, 4.69) is 29.2 Å². The molecule has 2 aromatic rings. The van der Waals surface area contributed by atoms with E-state index in [1.807, 2.05) is 41.3 Å². The molecule has 33 heavy (non-hydrogen) atoms. The molecule has 2 aromatic carbocycles. The van der Waals surface area contributed by atoms with Gasteiger partial charge in [-0.25, -0.2) is 4.79 Å². The van der Waals surface area contributed by atoms with Crippen LogP contribution in [0.25, 0.3) is 0 Å². The molecule has 0 N–H and O–H groups in total. The maximum atomic E-state index is 13.7. The first-order valence-electron chi connectivity index (χ1n) is 12.1. The largest absolute Gasteiger partial charge is 0.385 e.